The van der Waals surface area contributed by atoms with Crippen LogP contribution in [0.25, 0.3) is 0 Å². The van der Waals surface area contributed by atoms with Gasteiger partial charge in [0.1, 0.15) is 11.5 Å². The van der Waals surface area contributed by atoms with E-state index in [2.05, 4.69) is 41.8 Å². The molecule has 38 heavy (non-hydrogen) atoms. The summed E-state index contributed by atoms with van der Waals surface area (Å²) in [7, 11) is 1.68. The minimum atomic E-state index is -0.992. The Labute approximate surface area is 224 Å². The quantitative estimate of drug-likeness (QED) is 0.378. The Bertz CT molecular complexity index is 1280. The minimum Gasteiger partial charge on any atom is -0.497 e. The number of aliphatic carboxylic acids is 1. The van der Waals surface area contributed by atoms with E-state index in [4.69, 9.17) is 14.6 Å². The van der Waals surface area contributed by atoms with Crippen LogP contribution in [0.2, 0.25) is 0 Å². The van der Waals surface area contributed by atoms with E-state index in [1.54, 1.807) is 20.1 Å². The molecule has 7 nitrogen and oxygen atoms in total. The highest BCUT2D eigenvalue weighted by Crippen LogP contribution is 2.35. The molecule has 1 aliphatic rings. The number of carboxylic acid groups (broad SMARTS) is 1. The molecule has 3 atom stereocenters. The Morgan fingerprint density at radius 1 is 0.921 bits per heavy atom. The van der Waals surface area contributed by atoms with E-state index in [0.29, 0.717) is 11.3 Å². The maximum absolute atomic E-state index is 12.2. The number of ketones is 1. The fraction of sp³-hybridized carbons (Fsp3) is 0.355. The number of Topliss-reactive ketones (excluding diaryl/α,β-unsaturated/α-hetero) is 1. The van der Waals surface area contributed by atoms with Crippen molar-refractivity contribution >= 4 is 11.8 Å². The van der Waals surface area contributed by atoms with Crippen molar-refractivity contribution in [3.8, 4) is 11.5 Å². The van der Waals surface area contributed by atoms with E-state index < -0.39 is 5.97 Å². The van der Waals surface area contributed by atoms with Crippen molar-refractivity contribution in [3.63, 3.8) is 0 Å². The first kappa shape index (κ1) is 27.4. The Balaban J connectivity index is 1.59. The standard InChI is InChI=1S/C31H36N2O5/c1-21-18-33(22(2)17-32(21)19-24-8-5-13-29(14-24)38-20-30(35)36)31(27-11-7-12-28(16-27)37-4)26-10-6-9-25(15-26)23(3)34/h5-16,21-22,31H,17-20H2,1-4H3,(H,35,36)/t21-,22+,31+/m1/s1. The van der Waals surface area contributed by atoms with Crippen molar-refractivity contribution in [2.24, 2.45) is 0 Å². The maximum Gasteiger partial charge on any atom is 0.341 e. The fourth-order valence-electron chi connectivity index (χ4n) is 5.23. The second-order valence-electron chi connectivity index (χ2n) is 10.0. The van der Waals surface area contributed by atoms with Gasteiger partial charge in [-0.25, -0.2) is 4.79 Å². The summed E-state index contributed by atoms with van der Waals surface area (Å²) in [6.45, 7) is 8.16. The minimum absolute atomic E-state index is 0.0308. The van der Waals surface area contributed by atoms with Gasteiger partial charge in [-0.1, -0.05) is 42.5 Å². The Morgan fingerprint density at radius 3 is 2.32 bits per heavy atom. The third kappa shape index (κ3) is 6.60. The first-order valence-electron chi connectivity index (χ1n) is 12.9. The molecule has 0 saturated carbocycles. The van der Waals surface area contributed by atoms with Crippen LogP contribution in [0, 0.1) is 0 Å². The van der Waals surface area contributed by atoms with E-state index >= 15 is 0 Å². The number of piperazine rings is 1. The number of methoxy groups -OCH3 is 1. The van der Waals surface area contributed by atoms with Gasteiger partial charge < -0.3 is 14.6 Å². The number of ether oxygens (including phenoxy) is 2. The molecule has 0 spiro atoms. The van der Waals surface area contributed by atoms with E-state index in [9.17, 15) is 9.59 Å². The zero-order valence-corrected chi connectivity index (χ0v) is 22.5. The summed E-state index contributed by atoms with van der Waals surface area (Å²) in [5, 5.41) is 8.91. The average Bonchev–Trinajstić information content (AvgIpc) is 2.91. The first-order chi connectivity index (χ1) is 18.2. The maximum atomic E-state index is 12.2. The largest absolute Gasteiger partial charge is 0.497 e. The highest BCUT2D eigenvalue weighted by molar-refractivity contribution is 5.94. The van der Waals surface area contributed by atoms with Gasteiger partial charge in [0, 0.05) is 37.3 Å². The molecule has 1 fully saturated rings. The summed E-state index contributed by atoms with van der Waals surface area (Å²) in [4.78, 5) is 28.0. The Hall–Kier alpha value is -3.68. The van der Waals surface area contributed by atoms with Crippen LogP contribution < -0.4 is 9.47 Å². The number of rotatable bonds is 10. The number of carbonyl (C=O) groups excluding carboxylic acids is 1. The van der Waals surface area contributed by atoms with Crippen LogP contribution in [0.5, 0.6) is 11.5 Å². The third-order valence-electron chi connectivity index (χ3n) is 7.16. The zero-order chi connectivity index (χ0) is 27.2. The van der Waals surface area contributed by atoms with Gasteiger partial charge in [0.15, 0.2) is 12.4 Å². The molecule has 0 aliphatic carbocycles. The van der Waals surface area contributed by atoms with Gasteiger partial charge in [0.25, 0.3) is 0 Å². The van der Waals surface area contributed by atoms with E-state index in [1.165, 1.54) is 0 Å². The molecule has 1 saturated heterocycles. The lowest BCUT2D eigenvalue weighted by Gasteiger charge is -2.47. The summed E-state index contributed by atoms with van der Waals surface area (Å²) < 4.78 is 10.9. The lowest BCUT2D eigenvalue weighted by atomic mass is 9.92. The van der Waals surface area contributed by atoms with Crippen LogP contribution in [-0.4, -0.2) is 65.5 Å². The highest BCUT2D eigenvalue weighted by Gasteiger charge is 2.35. The van der Waals surface area contributed by atoms with Crippen molar-refractivity contribution in [2.75, 3.05) is 26.8 Å². The third-order valence-corrected chi connectivity index (χ3v) is 7.16. The predicted molar refractivity (Wildman–Crippen MR) is 147 cm³/mol. The molecule has 0 radical (unpaired) electrons. The monoisotopic (exact) mass is 516 g/mol. The molecule has 1 aliphatic heterocycles. The number of carbonyl (C=O) groups is 2. The van der Waals surface area contributed by atoms with E-state index in [-0.39, 0.29) is 30.5 Å². The first-order valence-corrected chi connectivity index (χ1v) is 12.9. The highest BCUT2D eigenvalue weighted by atomic mass is 16.5. The lowest BCUT2D eigenvalue weighted by molar-refractivity contribution is -0.139. The molecule has 7 heteroatoms. The van der Waals surface area contributed by atoms with Gasteiger partial charge in [-0.3, -0.25) is 14.6 Å². The molecule has 4 rings (SSSR count). The molecular weight excluding hydrogens is 480 g/mol. The van der Waals surface area contributed by atoms with Crippen molar-refractivity contribution in [2.45, 2.75) is 45.4 Å². The molecule has 200 valence electrons. The number of nitrogens with zero attached hydrogens (tertiary/aromatic N) is 2. The number of hydrogen-bond donors (Lipinski definition) is 1. The van der Waals surface area contributed by atoms with Crippen molar-refractivity contribution in [1.82, 2.24) is 9.80 Å². The second-order valence-corrected chi connectivity index (χ2v) is 10.0. The lowest BCUT2D eigenvalue weighted by Crippen LogP contribution is -2.56. The normalized spacial score (nSPS) is 19.1. The molecular formula is C31H36N2O5. The zero-order valence-electron chi connectivity index (χ0n) is 22.5. The van der Waals surface area contributed by atoms with Crippen molar-refractivity contribution in [3.05, 3.63) is 95.1 Å². The van der Waals surface area contributed by atoms with Crippen LogP contribution in [-0.2, 0) is 11.3 Å². The molecule has 1 heterocycles. The number of hydrogen-bond acceptors (Lipinski definition) is 6. The van der Waals surface area contributed by atoms with Crippen molar-refractivity contribution < 1.29 is 24.2 Å². The van der Waals surface area contributed by atoms with Gasteiger partial charge in [0.2, 0.25) is 0 Å². The van der Waals surface area contributed by atoms with Crippen LogP contribution in [0.3, 0.4) is 0 Å². The molecule has 0 unspecified atom stereocenters. The summed E-state index contributed by atoms with van der Waals surface area (Å²) in [5.41, 5.74) is 4.00. The molecule has 3 aromatic carbocycles. The van der Waals surface area contributed by atoms with Crippen LogP contribution in [0.4, 0.5) is 0 Å². The summed E-state index contributed by atoms with van der Waals surface area (Å²) >= 11 is 0. The number of carboxylic acids is 1. The van der Waals surface area contributed by atoms with Crippen LogP contribution in [0.1, 0.15) is 53.9 Å². The van der Waals surface area contributed by atoms with Crippen LogP contribution >= 0.6 is 0 Å². The molecule has 1 N–H and O–H groups in total. The van der Waals surface area contributed by atoms with E-state index in [1.807, 2.05) is 48.5 Å². The Kier molecular flexibility index (Phi) is 8.81. The summed E-state index contributed by atoms with van der Waals surface area (Å²) in [6, 6.07) is 24.2. The Morgan fingerprint density at radius 2 is 1.61 bits per heavy atom. The fourth-order valence-corrected chi connectivity index (χ4v) is 5.23. The average molecular weight is 517 g/mol. The van der Waals surface area contributed by atoms with Gasteiger partial charge in [-0.05, 0) is 67.8 Å². The number of benzene rings is 3. The topological polar surface area (TPSA) is 79.3 Å². The predicted octanol–water partition coefficient (Wildman–Crippen LogP) is 5.05. The van der Waals surface area contributed by atoms with E-state index in [0.717, 1.165) is 42.1 Å². The summed E-state index contributed by atoms with van der Waals surface area (Å²) in [6.07, 6.45) is 0. The molecule has 0 bridgehead atoms. The molecule has 3 aromatic rings. The van der Waals surface area contributed by atoms with Crippen molar-refractivity contribution in [1.29, 1.82) is 0 Å². The summed E-state index contributed by atoms with van der Waals surface area (Å²) in [5.74, 6) is 0.428. The van der Waals surface area contributed by atoms with Gasteiger partial charge in [-0.15, -0.1) is 0 Å². The SMILES string of the molecule is COc1cccc([C@H](c2cccc(C(C)=O)c2)N2C[C@@H](C)N(Cc3cccc(OCC(=O)O)c3)C[C@@H]2C)c1. The second kappa shape index (κ2) is 12.2. The van der Waals surface area contributed by atoms with Gasteiger partial charge in [0.05, 0.1) is 13.2 Å². The molecule has 0 amide bonds. The van der Waals surface area contributed by atoms with Gasteiger partial charge >= 0.3 is 5.97 Å². The molecule has 0 aromatic heterocycles. The smallest absolute Gasteiger partial charge is 0.341 e. The van der Waals surface area contributed by atoms with Crippen LogP contribution in [0.15, 0.2) is 72.8 Å². The van der Waals surface area contributed by atoms with Gasteiger partial charge in [-0.2, -0.15) is 0 Å².